The van der Waals surface area contributed by atoms with Crippen LogP contribution in [-0.2, 0) is 6.54 Å². The molecule has 0 saturated heterocycles. The summed E-state index contributed by atoms with van der Waals surface area (Å²) in [5, 5.41) is 7.37. The van der Waals surface area contributed by atoms with E-state index in [-0.39, 0.29) is 5.56 Å². The molecule has 0 aliphatic carbocycles. The molecule has 0 amide bonds. The van der Waals surface area contributed by atoms with Crippen LogP contribution >= 0.6 is 33.9 Å². The number of anilines is 1. The molecule has 2 aromatic rings. The minimum absolute atomic E-state index is 0.111. The summed E-state index contributed by atoms with van der Waals surface area (Å²) in [7, 11) is 0. The van der Waals surface area contributed by atoms with Crippen molar-refractivity contribution in [2.45, 2.75) is 13.5 Å². The van der Waals surface area contributed by atoms with Crippen molar-refractivity contribution in [3.8, 4) is 0 Å². The summed E-state index contributed by atoms with van der Waals surface area (Å²) >= 11 is 3.67. The van der Waals surface area contributed by atoms with Crippen molar-refractivity contribution in [2.75, 3.05) is 5.32 Å². The van der Waals surface area contributed by atoms with E-state index in [9.17, 15) is 4.79 Å². The highest BCUT2D eigenvalue weighted by atomic mass is 127. The number of nitrogens with zero attached hydrogens (tertiary/aromatic N) is 1. The topological polar surface area (TPSA) is 57.8 Å². The van der Waals surface area contributed by atoms with Crippen LogP contribution in [0.2, 0.25) is 0 Å². The van der Waals surface area contributed by atoms with Gasteiger partial charge in [-0.2, -0.15) is 11.3 Å². The molecular weight excluding hydrogens is 337 g/mol. The Morgan fingerprint density at radius 1 is 1.56 bits per heavy atom. The lowest BCUT2D eigenvalue weighted by Crippen LogP contribution is -2.14. The predicted octanol–water partition coefficient (Wildman–Crippen LogP) is 2.36. The van der Waals surface area contributed by atoms with E-state index in [4.69, 9.17) is 0 Å². The maximum absolute atomic E-state index is 11.3. The average Bonchev–Trinajstić information content (AvgIpc) is 2.67. The summed E-state index contributed by atoms with van der Waals surface area (Å²) in [5.41, 5.74) is 2.39. The number of hydrogen-bond acceptors (Lipinski definition) is 4. The lowest BCUT2D eigenvalue weighted by atomic mass is 10.2. The first kappa shape index (κ1) is 11.6. The van der Waals surface area contributed by atoms with Crippen LogP contribution in [0, 0.1) is 10.5 Å². The molecule has 0 fully saturated rings. The monoisotopic (exact) mass is 347 g/mol. The minimum Gasteiger partial charge on any atom is -0.365 e. The van der Waals surface area contributed by atoms with Crippen LogP contribution in [0.25, 0.3) is 0 Å². The van der Waals surface area contributed by atoms with E-state index in [1.54, 1.807) is 11.3 Å². The van der Waals surface area contributed by atoms with Crippen molar-refractivity contribution in [1.29, 1.82) is 0 Å². The number of nitrogens with one attached hydrogen (secondary N) is 2. The maximum atomic E-state index is 11.3. The fourth-order valence-corrected chi connectivity index (χ4v) is 2.60. The number of aryl methyl sites for hydroxylation is 1. The molecule has 16 heavy (non-hydrogen) atoms. The van der Waals surface area contributed by atoms with Gasteiger partial charge in [-0.05, 0) is 51.4 Å². The molecular formula is C10H10IN3OS. The van der Waals surface area contributed by atoms with Crippen molar-refractivity contribution >= 4 is 39.7 Å². The minimum atomic E-state index is -0.111. The number of aromatic amines is 1. The van der Waals surface area contributed by atoms with Crippen LogP contribution in [0.3, 0.4) is 0 Å². The van der Waals surface area contributed by atoms with Crippen molar-refractivity contribution in [1.82, 2.24) is 9.97 Å². The Balaban J connectivity index is 2.14. The lowest BCUT2D eigenvalue weighted by Gasteiger charge is -2.05. The first-order valence-corrected chi connectivity index (χ1v) is 6.69. The zero-order chi connectivity index (χ0) is 11.5. The van der Waals surface area contributed by atoms with Gasteiger partial charge in [0.1, 0.15) is 9.39 Å². The van der Waals surface area contributed by atoms with Crippen LogP contribution in [0.5, 0.6) is 0 Å². The molecule has 0 saturated carbocycles. The van der Waals surface area contributed by atoms with E-state index in [1.165, 1.54) is 17.5 Å². The molecule has 84 valence electrons. The van der Waals surface area contributed by atoms with Gasteiger partial charge < -0.3 is 10.3 Å². The maximum Gasteiger partial charge on any atom is 0.266 e. The summed E-state index contributed by atoms with van der Waals surface area (Å²) in [5.74, 6) is 0.634. The predicted molar refractivity (Wildman–Crippen MR) is 74.0 cm³/mol. The molecule has 2 heterocycles. The molecule has 0 spiro atoms. The number of hydrogen-bond donors (Lipinski definition) is 2. The van der Waals surface area contributed by atoms with Gasteiger partial charge in [0, 0.05) is 6.54 Å². The highest BCUT2D eigenvalue weighted by Crippen LogP contribution is 2.16. The zero-order valence-corrected chi connectivity index (χ0v) is 11.6. The third kappa shape index (κ3) is 2.43. The molecule has 0 radical (unpaired) electrons. The largest absolute Gasteiger partial charge is 0.365 e. The van der Waals surface area contributed by atoms with E-state index >= 15 is 0 Å². The second kappa shape index (κ2) is 4.96. The van der Waals surface area contributed by atoms with Gasteiger partial charge in [0.25, 0.3) is 5.56 Å². The SMILES string of the molecule is Cc1cscc1CNc1nc[nH]c(=O)c1I. The lowest BCUT2D eigenvalue weighted by molar-refractivity contribution is 1.04. The van der Waals surface area contributed by atoms with Gasteiger partial charge in [0.05, 0.1) is 6.33 Å². The standard InChI is InChI=1S/C10H10IN3OS/c1-6-3-16-4-7(6)2-12-9-8(11)10(15)14-5-13-9/h3-5H,2H2,1H3,(H2,12,13,14,15). The third-order valence-corrected chi connectivity index (χ3v) is 4.12. The van der Waals surface area contributed by atoms with Gasteiger partial charge in [-0.3, -0.25) is 4.79 Å². The third-order valence-electron chi connectivity index (χ3n) is 2.20. The van der Waals surface area contributed by atoms with E-state index in [2.05, 4.69) is 33.0 Å². The molecule has 0 unspecified atom stereocenters. The Morgan fingerprint density at radius 3 is 3.06 bits per heavy atom. The Hall–Kier alpha value is -0.890. The number of aromatic nitrogens is 2. The summed E-state index contributed by atoms with van der Waals surface area (Å²) in [6.45, 7) is 2.77. The number of rotatable bonds is 3. The van der Waals surface area contributed by atoms with E-state index in [0.717, 1.165) is 0 Å². The fourth-order valence-electron chi connectivity index (χ4n) is 1.25. The summed E-state index contributed by atoms with van der Waals surface area (Å²) < 4.78 is 0.591. The Bertz CT molecular complexity index is 549. The molecule has 0 bridgehead atoms. The molecule has 6 heteroatoms. The second-order valence-electron chi connectivity index (χ2n) is 3.33. The molecule has 0 aliphatic rings. The van der Waals surface area contributed by atoms with Crippen molar-refractivity contribution in [2.24, 2.45) is 0 Å². The van der Waals surface area contributed by atoms with E-state index < -0.39 is 0 Å². The van der Waals surface area contributed by atoms with E-state index in [1.807, 2.05) is 22.6 Å². The molecule has 0 aromatic carbocycles. The molecule has 2 N–H and O–H groups in total. The summed E-state index contributed by atoms with van der Waals surface area (Å²) in [6.07, 6.45) is 1.41. The normalized spacial score (nSPS) is 10.4. The van der Waals surface area contributed by atoms with Gasteiger partial charge in [0.2, 0.25) is 0 Å². The number of H-pyrrole nitrogens is 1. The highest BCUT2D eigenvalue weighted by Gasteiger charge is 2.05. The Kier molecular flexibility index (Phi) is 3.59. The van der Waals surface area contributed by atoms with Gasteiger partial charge in [-0.1, -0.05) is 0 Å². The summed E-state index contributed by atoms with van der Waals surface area (Å²) in [4.78, 5) is 18.0. The molecule has 2 aromatic heterocycles. The number of halogens is 1. The first-order chi connectivity index (χ1) is 7.68. The molecule has 0 atom stereocenters. The first-order valence-electron chi connectivity index (χ1n) is 4.67. The van der Waals surface area contributed by atoms with Gasteiger partial charge in [0.15, 0.2) is 0 Å². The zero-order valence-electron chi connectivity index (χ0n) is 8.58. The van der Waals surface area contributed by atoms with Crippen molar-refractivity contribution in [3.63, 3.8) is 0 Å². The average molecular weight is 347 g/mol. The Labute approximate surface area is 110 Å². The van der Waals surface area contributed by atoms with Crippen LogP contribution < -0.4 is 10.9 Å². The second-order valence-corrected chi connectivity index (χ2v) is 5.15. The van der Waals surface area contributed by atoms with Crippen LogP contribution in [0.1, 0.15) is 11.1 Å². The fraction of sp³-hybridized carbons (Fsp3) is 0.200. The Morgan fingerprint density at radius 2 is 2.38 bits per heavy atom. The quantitative estimate of drug-likeness (QED) is 0.838. The van der Waals surface area contributed by atoms with Gasteiger partial charge in [-0.15, -0.1) is 0 Å². The van der Waals surface area contributed by atoms with Gasteiger partial charge in [-0.25, -0.2) is 4.98 Å². The van der Waals surface area contributed by atoms with Crippen LogP contribution in [-0.4, -0.2) is 9.97 Å². The summed E-state index contributed by atoms with van der Waals surface area (Å²) in [6, 6.07) is 0. The smallest absolute Gasteiger partial charge is 0.266 e. The van der Waals surface area contributed by atoms with Crippen LogP contribution in [0.4, 0.5) is 5.82 Å². The highest BCUT2D eigenvalue weighted by molar-refractivity contribution is 14.1. The molecule has 2 rings (SSSR count). The van der Waals surface area contributed by atoms with Crippen molar-refractivity contribution in [3.05, 3.63) is 42.1 Å². The number of thiophene rings is 1. The van der Waals surface area contributed by atoms with Gasteiger partial charge >= 0.3 is 0 Å². The van der Waals surface area contributed by atoms with E-state index in [0.29, 0.717) is 15.9 Å². The molecule has 4 nitrogen and oxygen atoms in total. The van der Waals surface area contributed by atoms with Crippen molar-refractivity contribution < 1.29 is 0 Å². The van der Waals surface area contributed by atoms with Crippen LogP contribution in [0.15, 0.2) is 21.9 Å². The molecule has 0 aliphatic heterocycles.